The topological polar surface area (TPSA) is 26.0 Å². The minimum Gasteiger partial charge on any atom is -0.330 e. The number of hydrogen-bond acceptors (Lipinski definition) is 1. The molecule has 15 heavy (non-hydrogen) atoms. The lowest BCUT2D eigenvalue weighted by Gasteiger charge is -2.17. The van der Waals surface area contributed by atoms with Gasteiger partial charge < -0.3 is 5.73 Å². The van der Waals surface area contributed by atoms with E-state index in [9.17, 15) is 0 Å². The molecule has 0 spiro atoms. The highest BCUT2D eigenvalue weighted by molar-refractivity contribution is 6.30. The lowest BCUT2D eigenvalue weighted by atomic mass is 9.90. The highest BCUT2D eigenvalue weighted by Gasteiger charge is 2.25. The third-order valence-corrected chi connectivity index (χ3v) is 3.74. The Morgan fingerprint density at radius 3 is 2.80 bits per heavy atom. The Kier molecular flexibility index (Phi) is 3.66. The molecule has 2 heteroatoms. The van der Waals surface area contributed by atoms with Gasteiger partial charge in [0, 0.05) is 5.02 Å². The fourth-order valence-electron chi connectivity index (χ4n) is 2.66. The molecule has 1 aromatic rings. The summed E-state index contributed by atoms with van der Waals surface area (Å²) in [5.41, 5.74) is 7.14. The smallest absolute Gasteiger partial charge is 0.0408 e. The zero-order valence-corrected chi connectivity index (χ0v) is 9.71. The number of benzene rings is 1. The van der Waals surface area contributed by atoms with Gasteiger partial charge in [-0.1, -0.05) is 30.2 Å². The first-order valence-corrected chi connectivity index (χ1v) is 6.12. The normalized spacial score (nSPS) is 25.7. The lowest BCUT2D eigenvalue weighted by molar-refractivity contribution is 0.394. The van der Waals surface area contributed by atoms with E-state index in [0.29, 0.717) is 0 Å². The molecule has 0 bridgehead atoms. The number of nitrogens with two attached hydrogens (primary N) is 1. The fraction of sp³-hybridized carbons (Fsp3) is 0.538. The highest BCUT2D eigenvalue weighted by atomic mass is 35.5. The Bertz CT molecular complexity index is 324. The van der Waals surface area contributed by atoms with Crippen molar-refractivity contribution in [3.63, 3.8) is 0 Å². The quantitative estimate of drug-likeness (QED) is 0.837. The summed E-state index contributed by atoms with van der Waals surface area (Å²) in [7, 11) is 0. The largest absolute Gasteiger partial charge is 0.330 e. The zero-order valence-electron chi connectivity index (χ0n) is 8.95. The molecule has 0 heterocycles. The number of halogens is 1. The van der Waals surface area contributed by atoms with E-state index in [1.165, 1.54) is 24.8 Å². The Hall–Kier alpha value is -0.530. The van der Waals surface area contributed by atoms with Crippen molar-refractivity contribution in [2.75, 3.05) is 6.54 Å². The predicted octanol–water partition coefficient (Wildman–Crippen LogP) is 3.26. The number of hydrogen-bond donors (Lipinski definition) is 1. The van der Waals surface area contributed by atoms with Crippen LogP contribution < -0.4 is 5.73 Å². The van der Waals surface area contributed by atoms with Crippen LogP contribution in [-0.4, -0.2) is 6.54 Å². The van der Waals surface area contributed by atoms with Crippen LogP contribution in [0.2, 0.25) is 5.02 Å². The van der Waals surface area contributed by atoms with E-state index in [1.807, 2.05) is 12.1 Å². The van der Waals surface area contributed by atoms with E-state index in [-0.39, 0.29) is 0 Å². The van der Waals surface area contributed by atoms with Gasteiger partial charge in [-0.3, -0.25) is 0 Å². The van der Waals surface area contributed by atoms with Gasteiger partial charge in [-0.05, 0) is 55.3 Å². The maximum atomic E-state index is 5.98. The molecule has 0 amide bonds. The highest BCUT2D eigenvalue weighted by Crippen LogP contribution is 2.33. The van der Waals surface area contributed by atoms with Crippen LogP contribution in [0.3, 0.4) is 0 Å². The Morgan fingerprint density at radius 1 is 1.27 bits per heavy atom. The molecule has 0 saturated heterocycles. The van der Waals surface area contributed by atoms with Gasteiger partial charge in [0.05, 0.1) is 0 Å². The van der Waals surface area contributed by atoms with Gasteiger partial charge in [-0.25, -0.2) is 0 Å². The van der Waals surface area contributed by atoms with Gasteiger partial charge >= 0.3 is 0 Å². The van der Waals surface area contributed by atoms with E-state index in [2.05, 4.69) is 12.1 Å². The van der Waals surface area contributed by atoms with Crippen LogP contribution in [0.5, 0.6) is 0 Å². The van der Waals surface area contributed by atoms with Crippen molar-refractivity contribution in [1.82, 2.24) is 0 Å². The minimum absolute atomic E-state index is 0.726. The first-order chi connectivity index (χ1) is 7.29. The standard InChI is InChI=1S/C13H18ClN/c14-13-6-1-3-10(8-13)7-11-4-2-5-12(11)9-15/h1,3,6,8,11-12H,2,4-5,7,9,15H2. The van der Waals surface area contributed by atoms with Crippen molar-refractivity contribution < 1.29 is 0 Å². The van der Waals surface area contributed by atoms with E-state index in [1.54, 1.807) is 0 Å². The summed E-state index contributed by atoms with van der Waals surface area (Å²) < 4.78 is 0. The van der Waals surface area contributed by atoms with Gasteiger partial charge in [0.1, 0.15) is 0 Å². The monoisotopic (exact) mass is 223 g/mol. The molecule has 1 saturated carbocycles. The second-order valence-electron chi connectivity index (χ2n) is 4.52. The SMILES string of the molecule is NCC1CCCC1Cc1cccc(Cl)c1. The molecule has 1 nitrogen and oxygen atoms in total. The first-order valence-electron chi connectivity index (χ1n) is 5.74. The van der Waals surface area contributed by atoms with Crippen molar-refractivity contribution in [2.24, 2.45) is 17.6 Å². The third kappa shape index (κ3) is 2.73. The summed E-state index contributed by atoms with van der Waals surface area (Å²) in [5, 5.41) is 0.842. The van der Waals surface area contributed by atoms with Crippen molar-refractivity contribution in [3.05, 3.63) is 34.9 Å². The van der Waals surface area contributed by atoms with Crippen LogP contribution >= 0.6 is 11.6 Å². The summed E-state index contributed by atoms with van der Waals surface area (Å²) in [5.74, 6) is 1.50. The molecule has 2 N–H and O–H groups in total. The summed E-state index contributed by atoms with van der Waals surface area (Å²) in [6, 6.07) is 8.20. The molecule has 1 fully saturated rings. The van der Waals surface area contributed by atoms with Crippen LogP contribution in [-0.2, 0) is 6.42 Å². The van der Waals surface area contributed by atoms with Gasteiger partial charge in [0.15, 0.2) is 0 Å². The summed E-state index contributed by atoms with van der Waals surface area (Å²) >= 11 is 5.98. The summed E-state index contributed by atoms with van der Waals surface area (Å²) in [6.07, 6.45) is 5.12. The Labute approximate surface area is 96.6 Å². The summed E-state index contributed by atoms with van der Waals surface area (Å²) in [4.78, 5) is 0. The second kappa shape index (κ2) is 5.00. The third-order valence-electron chi connectivity index (χ3n) is 3.51. The molecular formula is C13H18ClN. The first kappa shape index (κ1) is 11.0. The van der Waals surface area contributed by atoms with Crippen LogP contribution in [0.4, 0.5) is 0 Å². The number of rotatable bonds is 3. The molecule has 2 atom stereocenters. The minimum atomic E-state index is 0.726. The van der Waals surface area contributed by atoms with Crippen LogP contribution in [0, 0.1) is 11.8 Å². The van der Waals surface area contributed by atoms with Crippen molar-refractivity contribution in [3.8, 4) is 0 Å². The molecule has 0 aromatic heterocycles. The van der Waals surface area contributed by atoms with E-state index < -0.39 is 0 Å². The van der Waals surface area contributed by atoms with Crippen LogP contribution in [0.1, 0.15) is 24.8 Å². The van der Waals surface area contributed by atoms with Gasteiger partial charge in [0.2, 0.25) is 0 Å². The average Bonchev–Trinajstić information content (AvgIpc) is 2.65. The van der Waals surface area contributed by atoms with E-state index >= 15 is 0 Å². The lowest BCUT2D eigenvalue weighted by Crippen LogP contribution is -2.20. The fourth-order valence-corrected chi connectivity index (χ4v) is 2.87. The summed E-state index contributed by atoms with van der Waals surface area (Å²) in [6.45, 7) is 0.839. The molecule has 1 aromatic carbocycles. The van der Waals surface area contributed by atoms with Gasteiger partial charge in [-0.15, -0.1) is 0 Å². The van der Waals surface area contributed by atoms with Crippen molar-refractivity contribution in [2.45, 2.75) is 25.7 Å². The Morgan fingerprint density at radius 2 is 2.07 bits per heavy atom. The average molecular weight is 224 g/mol. The zero-order chi connectivity index (χ0) is 10.7. The van der Waals surface area contributed by atoms with Gasteiger partial charge in [-0.2, -0.15) is 0 Å². The van der Waals surface area contributed by atoms with Crippen molar-refractivity contribution in [1.29, 1.82) is 0 Å². The molecule has 82 valence electrons. The van der Waals surface area contributed by atoms with E-state index in [4.69, 9.17) is 17.3 Å². The molecule has 0 aliphatic heterocycles. The maximum absolute atomic E-state index is 5.98. The van der Waals surface area contributed by atoms with Crippen LogP contribution in [0.15, 0.2) is 24.3 Å². The molecule has 1 aliphatic carbocycles. The molecule has 1 aliphatic rings. The Balaban J connectivity index is 2.02. The van der Waals surface area contributed by atoms with Gasteiger partial charge in [0.25, 0.3) is 0 Å². The van der Waals surface area contributed by atoms with Crippen LogP contribution in [0.25, 0.3) is 0 Å². The second-order valence-corrected chi connectivity index (χ2v) is 4.96. The maximum Gasteiger partial charge on any atom is 0.0408 e. The predicted molar refractivity (Wildman–Crippen MR) is 65.0 cm³/mol. The van der Waals surface area contributed by atoms with E-state index in [0.717, 1.165) is 29.8 Å². The molecule has 2 unspecified atom stereocenters. The molecule has 2 rings (SSSR count). The van der Waals surface area contributed by atoms with Crippen molar-refractivity contribution >= 4 is 11.6 Å². The molecular weight excluding hydrogens is 206 g/mol. The molecule has 0 radical (unpaired) electrons.